The van der Waals surface area contributed by atoms with Crippen molar-refractivity contribution in [2.24, 2.45) is 0 Å². The predicted molar refractivity (Wildman–Crippen MR) is 133 cm³/mol. The molecular weight excluding hydrogens is 489 g/mol. The van der Waals surface area contributed by atoms with Gasteiger partial charge in [-0.25, -0.2) is 4.98 Å². The third-order valence-corrected chi connectivity index (χ3v) is 6.76. The van der Waals surface area contributed by atoms with E-state index >= 15 is 0 Å². The van der Waals surface area contributed by atoms with Crippen LogP contribution in [0.3, 0.4) is 0 Å². The van der Waals surface area contributed by atoms with Gasteiger partial charge in [0.05, 0.1) is 37.1 Å². The number of alkyl halides is 3. The monoisotopic (exact) mass is 524 g/mol. The Bertz CT molecular complexity index is 1050. The summed E-state index contributed by atoms with van der Waals surface area (Å²) < 4.78 is 48.2. The molecule has 2 saturated heterocycles. The van der Waals surface area contributed by atoms with Crippen molar-refractivity contribution in [3.05, 3.63) is 23.7 Å². The van der Waals surface area contributed by atoms with Crippen LogP contribution in [-0.4, -0.2) is 88.4 Å². The Labute approximate surface area is 214 Å². The predicted octanol–water partition coefficient (Wildman–Crippen LogP) is 3.32. The zero-order valence-electron chi connectivity index (χ0n) is 21.4. The number of nitrogens with one attached hydrogen (secondary N) is 2. The number of hydrogen-bond acceptors (Lipinski definition) is 8. The highest BCUT2D eigenvalue weighted by Crippen LogP contribution is 2.34. The smallest absolute Gasteiger partial charge is 0.379 e. The summed E-state index contributed by atoms with van der Waals surface area (Å²) in [4.78, 5) is 24.1. The minimum absolute atomic E-state index is 0.00507. The average molecular weight is 525 g/mol. The van der Waals surface area contributed by atoms with Crippen molar-refractivity contribution in [3.63, 3.8) is 0 Å². The lowest BCUT2D eigenvalue weighted by Crippen LogP contribution is -2.33. The minimum atomic E-state index is -4.60. The maximum atomic E-state index is 13.6. The molecule has 2 aromatic rings. The summed E-state index contributed by atoms with van der Waals surface area (Å²) in [6.07, 6.45) is 1.51. The molecule has 2 N–H and O–H groups in total. The van der Waals surface area contributed by atoms with Crippen LogP contribution in [0.1, 0.15) is 49.9 Å². The Hall–Kier alpha value is -2.93. The van der Waals surface area contributed by atoms with E-state index in [1.165, 1.54) is 0 Å². The Morgan fingerprint density at radius 2 is 1.97 bits per heavy atom. The van der Waals surface area contributed by atoms with Crippen molar-refractivity contribution < 1.29 is 22.7 Å². The van der Waals surface area contributed by atoms with Gasteiger partial charge in [0, 0.05) is 32.0 Å². The van der Waals surface area contributed by atoms with Gasteiger partial charge in [0.1, 0.15) is 11.4 Å². The molecule has 2 fully saturated rings. The average Bonchev–Trinajstić information content (AvgIpc) is 3.15. The van der Waals surface area contributed by atoms with Crippen LogP contribution in [0.5, 0.6) is 0 Å². The third-order valence-electron chi connectivity index (χ3n) is 6.76. The largest absolute Gasteiger partial charge is 0.421 e. The first-order valence-electron chi connectivity index (χ1n) is 12.8. The van der Waals surface area contributed by atoms with Crippen LogP contribution in [0, 0.1) is 0 Å². The van der Waals surface area contributed by atoms with E-state index in [0.717, 1.165) is 37.8 Å². The van der Waals surface area contributed by atoms with Crippen molar-refractivity contribution in [3.8, 4) is 0 Å². The summed E-state index contributed by atoms with van der Waals surface area (Å²) in [5, 5.41) is 10.6. The van der Waals surface area contributed by atoms with Crippen LogP contribution in [-0.2, 0) is 22.1 Å². The lowest BCUT2D eigenvalue weighted by atomic mass is 10.1. The highest BCUT2D eigenvalue weighted by Gasteiger charge is 2.35. The fraction of sp³-hybridized carbons (Fsp3) is 0.667. The fourth-order valence-electron chi connectivity index (χ4n) is 4.58. The summed E-state index contributed by atoms with van der Waals surface area (Å²) in [5.41, 5.74) is 0.562. The molecule has 10 nitrogen and oxygen atoms in total. The Morgan fingerprint density at radius 1 is 1.19 bits per heavy atom. The molecule has 13 heteroatoms. The summed E-state index contributed by atoms with van der Waals surface area (Å²) in [5.74, 6) is -0.237. The molecular formula is C24H35F3N8O2. The van der Waals surface area contributed by atoms with E-state index in [4.69, 9.17) is 9.84 Å². The number of halogens is 3. The molecule has 204 valence electrons. The van der Waals surface area contributed by atoms with Crippen LogP contribution in [0.2, 0.25) is 0 Å². The molecule has 0 spiro atoms. The molecule has 4 heterocycles. The van der Waals surface area contributed by atoms with Crippen molar-refractivity contribution in [2.75, 3.05) is 63.6 Å². The molecule has 2 aliphatic rings. The second-order valence-corrected chi connectivity index (χ2v) is 9.46. The number of anilines is 3. The molecule has 0 aliphatic carbocycles. The van der Waals surface area contributed by atoms with Crippen molar-refractivity contribution in [1.82, 2.24) is 29.5 Å². The zero-order valence-corrected chi connectivity index (χ0v) is 21.4. The molecule has 0 atom stereocenters. The minimum Gasteiger partial charge on any atom is -0.379 e. The molecule has 0 unspecified atom stereocenters. The van der Waals surface area contributed by atoms with E-state index in [2.05, 4.69) is 32.5 Å². The lowest BCUT2D eigenvalue weighted by molar-refractivity contribution is -0.137. The molecule has 0 aromatic carbocycles. The molecule has 2 aromatic heterocycles. The highest BCUT2D eigenvalue weighted by molar-refractivity contribution is 5.76. The van der Waals surface area contributed by atoms with E-state index in [-0.39, 0.29) is 30.3 Å². The number of ether oxygens (including phenoxy) is 1. The SMILES string of the molecule is CCc1nn(C2CCN(C)CC2)cc1Nc1ncc(C(F)(F)F)c(NCCCN2CCOCCC2=O)n1. The van der Waals surface area contributed by atoms with Crippen molar-refractivity contribution >= 4 is 23.4 Å². The number of carbonyl (C=O) groups excluding carboxylic acids is 1. The van der Waals surface area contributed by atoms with Crippen LogP contribution >= 0.6 is 0 Å². The van der Waals surface area contributed by atoms with Gasteiger partial charge in [0.25, 0.3) is 0 Å². The number of hydrogen-bond donors (Lipinski definition) is 2. The van der Waals surface area contributed by atoms with Gasteiger partial charge in [-0.2, -0.15) is 23.3 Å². The van der Waals surface area contributed by atoms with Gasteiger partial charge < -0.3 is 25.2 Å². The summed E-state index contributed by atoms with van der Waals surface area (Å²) >= 11 is 0. The highest BCUT2D eigenvalue weighted by atomic mass is 19.4. The normalized spacial score (nSPS) is 18.2. The quantitative estimate of drug-likeness (QED) is 0.482. The van der Waals surface area contributed by atoms with Gasteiger partial charge in [0.2, 0.25) is 11.9 Å². The van der Waals surface area contributed by atoms with Crippen molar-refractivity contribution in [2.45, 2.75) is 51.2 Å². The summed E-state index contributed by atoms with van der Waals surface area (Å²) in [7, 11) is 2.10. The van der Waals surface area contributed by atoms with E-state index in [1.807, 2.05) is 17.8 Å². The number of aryl methyl sites for hydroxylation is 1. The molecule has 0 bridgehead atoms. The third kappa shape index (κ3) is 7.10. The fourth-order valence-corrected chi connectivity index (χ4v) is 4.58. The van der Waals surface area contributed by atoms with Gasteiger partial charge in [-0.1, -0.05) is 6.92 Å². The number of aromatic nitrogens is 4. The van der Waals surface area contributed by atoms with Gasteiger partial charge in [-0.15, -0.1) is 0 Å². The number of amides is 1. The maximum absolute atomic E-state index is 13.6. The molecule has 4 rings (SSSR count). The van der Waals surface area contributed by atoms with Crippen LogP contribution in [0.4, 0.5) is 30.6 Å². The Balaban J connectivity index is 1.44. The molecule has 0 saturated carbocycles. The van der Waals surface area contributed by atoms with E-state index in [1.54, 1.807) is 4.90 Å². The standard InChI is InChI=1S/C24H35F3N8O2/c1-3-19-20(16-35(32-19)17-5-10-33(2)11-6-17)30-23-29-15-18(24(25,26)27)22(31-23)28-8-4-9-34-12-14-37-13-7-21(34)36/h15-17H,3-14H2,1-2H3,(H2,28,29,30,31). The number of carbonyl (C=O) groups is 1. The lowest BCUT2D eigenvalue weighted by Gasteiger charge is -2.28. The molecule has 37 heavy (non-hydrogen) atoms. The van der Waals surface area contributed by atoms with Crippen LogP contribution < -0.4 is 10.6 Å². The second kappa shape index (κ2) is 12.1. The maximum Gasteiger partial charge on any atom is 0.421 e. The number of likely N-dealkylation sites (tertiary alicyclic amines) is 1. The molecule has 2 aliphatic heterocycles. The van der Waals surface area contributed by atoms with E-state index < -0.39 is 11.7 Å². The molecule has 1 amide bonds. The van der Waals surface area contributed by atoms with Crippen LogP contribution in [0.25, 0.3) is 0 Å². The Kier molecular flexibility index (Phi) is 8.85. The topological polar surface area (TPSA) is 100 Å². The second-order valence-electron chi connectivity index (χ2n) is 9.46. The summed E-state index contributed by atoms with van der Waals surface area (Å²) in [6, 6.07) is 0.283. The van der Waals surface area contributed by atoms with Gasteiger partial charge in [-0.3, -0.25) is 9.48 Å². The first kappa shape index (κ1) is 27.1. The summed E-state index contributed by atoms with van der Waals surface area (Å²) in [6.45, 7) is 5.97. The van der Waals surface area contributed by atoms with E-state index in [0.29, 0.717) is 51.3 Å². The van der Waals surface area contributed by atoms with Gasteiger partial charge >= 0.3 is 6.18 Å². The first-order valence-corrected chi connectivity index (χ1v) is 12.8. The Morgan fingerprint density at radius 3 is 2.70 bits per heavy atom. The molecule has 0 radical (unpaired) electrons. The number of piperidine rings is 1. The van der Waals surface area contributed by atoms with Gasteiger partial charge in [-0.05, 0) is 45.8 Å². The van der Waals surface area contributed by atoms with E-state index in [9.17, 15) is 18.0 Å². The zero-order chi connectivity index (χ0) is 26.4. The van der Waals surface area contributed by atoms with Crippen LogP contribution in [0.15, 0.2) is 12.4 Å². The first-order chi connectivity index (χ1) is 17.7. The van der Waals surface area contributed by atoms with Gasteiger partial charge in [0.15, 0.2) is 0 Å². The number of rotatable bonds is 9. The van der Waals surface area contributed by atoms with Crippen molar-refractivity contribution in [1.29, 1.82) is 0 Å². The number of nitrogens with zero attached hydrogens (tertiary/aromatic N) is 6.